The number of nitrogens with zero attached hydrogens (tertiary/aromatic N) is 3. The van der Waals surface area contributed by atoms with E-state index in [0.717, 1.165) is 27.5 Å². The van der Waals surface area contributed by atoms with E-state index >= 15 is 0 Å². The Kier molecular flexibility index (Phi) is 3.38. The molecule has 0 bridgehead atoms. The van der Waals surface area contributed by atoms with Crippen LogP contribution in [0.4, 0.5) is 0 Å². The summed E-state index contributed by atoms with van der Waals surface area (Å²) in [5, 5.41) is 12.0. The molecule has 19 heavy (non-hydrogen) atoms. The minimum absolute atomic E-state index is 0.0715. The molecule has 2 amide bonds. The Morgan fingerprint density at radius 3 is 2.74 bits per heavy atom. The highest BCUT2D eigenvalue weighted by Crippen LogP contribution is 2.17. The topological polar surface area (TPSA) is 110 Å². The predicted molar refractivity (Wildman–Crippen MR) is 63.7 cm³/mol. The fourth-order valence-electron chi connectivity index (χ4n) is 1.69. The molecular weight excluding hydrogens is 274 g/mol. The summed E-state index contributed by atoms with van der Waals surface area (Å²) in [7, 11) is 1.37. The summed E-state index contributed by atoms with van der Waals surface area (Å²) in [6.07, 6.45) is 1.07. The number of carboxylic acid groups (broad SMARTS) is 1. The van der Waals surface area contributed by atoms with E-state index in [1.165, 1.54) is 7.05 Å². The average Bonchev–Trinajstić information content (AvgIpc) is 2.74. The Bertz CT molecular complexity index is 594. The van der Waals surface area contributed by atoms with Crippen molar-refractivity contribution in [3.05, 3.63) is 17.5 Å². The molecule has 9 heteroatoms. The number of aromatic carboxylic acids is 1. The number of carbonyl (C=O) groups is 4. The minimum atomic E-state index is -1.33. The Balaban J connectivity index is 2.37. The van der Waals surface area contributed by atoms with Gasteiger partial charge < -0.3 is 5.11 Å². The van der Waals surface area contributed by atoms with Gasteiger partial charge in [-0.3, -0.25) is 24.0 Å². The Hall–Kier alpha value is -2.16. The summed E-state index contributed by atoms with van der Waals surface area (Å²) in [4.78, 5) is 46.8. The zero-order valence-electron chi connectivity index (χ0n) is 9.82. The first-order valence-corrected chi connectivity index (χ1v) is 6.20. The minimum Gasteiger partial charge on any atom is -0.477 e. The van der Waals surface area contributed by atoms with Crippen LogP contribution in [0.5, 0.6) is 0 Å². The van der Waals surface area contributed by atoms with Gasteiger partial charge in [-0.2, -0.15) is 5.10 Å². The first kappa shape index (κ1) is 13.3. The SMILES string of the molecule is Cn1ncc(C(=O)N2CCSC(=O)C2=O)c1C(=O)O. The highest BCUT2D eigenvalue weighted by atomic mass is 32.2. The van der Waals surface area contributed by atoms with E-state index in [-0.39, 0.29) is 17.8 Å². The van der Waals surface area contributed by atoms with E-state index in [4.69, 9.17) is 5.11 Å². The highest BCUT2D eigenvalue weighted by molar-refractivity contribution is 8.15. The molecule has 0 aromatic carbocycles. The van der Waals surface area contributed by atoms with Crippen molar-refractivity contribution in [1.82, 2.24) is 14.7 Å². The highest BCUT2D eigenvalue weighted by Gasteiger charge is 2.35. The molecule has 0 aliphatic carbocycles. The first-order valence-electron chi connectivity index (χ1n) is 5.21. The molecule has 1 N–H and O–H groups in total. The lowest BCUT2D eigenvalue weighted by Crippen LogP contribution is -2.45. The third-order valence-corrected chi connectivity index (χ3v) is 3.41. The second-order valence-corrected chi connectivity index (χ2v) is 4.80. The Morgan fingerprint density at radius 2 is 2.11 bits per heavy atom. The zero-order valence-corrected chi connectivity index (χ0v) is 10.6. The molecule has 1 aliphatic heterocycles. The van der Waals surface area contributed by atoms with E-state index in [9.17, 15) is 19.2 Å². The number of rotatable bonds is 2. The molecule has 0 saturated carbocycles. The van der Waals surface area contributed by atoms with Crippen LogP contribution in [-0.2, 0) is 16.6 Å². The van der Waals surface area contributed by atoms with E-state index in [1.54, 1.807) is 0 Å². The van der Waals surface area contributed by atoms with E-state index in [2.05, 4.69) is 5.10 Å². The van der Waals surface area contributed by atoms with Crippen LogP contribution >= 0.6 is 11.8 Å². The van der Waals surface area contributed by atoms with Crippen molar-refractivity contribution in [2.75, 3.05) is 12.3 Å². The lowest BCUT2D eigenvalue weighted by molar-refractivity contribution is -0.138. The van der Waals surface area contributed by atoms with Crippen molar-refractivity contribution in [2.24, 2.45) is 7.05 Å². The summed E-state index contributed by atoms with van der Waals surface area (Å²) in [5.74, 6) is -2.77. The van der Waals surface area contributed by atoms with Crippen LogP contribution in [-0.4, -0.2) is 55.0 Å². The van der Waals surface area contributed by atoms with E-state index in [1.807, 2.05) is 0 Å². The monoisotopic (exact) mass is 283 g/mol. The summed E-state index contributed by atoms with van der Waals surface area (Å²) in [5.41, 5.74) is -0.522. The number of imide groups is 1. The number of hydrogen-bond donors (Lipinski definition) is 1. The van der Waals surface area contributed by atoms with E-state index in [0.29, 0.717) is 5.75 Å². The molecule has 1 aliphatic rings. The molecule has 2 rings (SSSR count). The van der Waals surface area contributed by atoms with Gasteiger partial charge in [0.05, 0.1) is 11.8 Å². The van der Waals surface area contributed by atoms with Crippen LogP contribution in [0, 0.1) is 0 Å². The smallest absolute Gasteiger partial charge is 0.354 e. The standard InChI is InChI=1S/C10H9N3O5S/c1-12-6(9(16)17)5(4-11-12)7(14)13-2-3-19-10(18)8(13)15/h4H,2-3H2,1H3,(H,16,17). The van der Waals surface area contributed by atoms with Crippen molar-refractivity contribution in [3.8, 4) is 0 Å². The van der Waals surface area contributed by atoms with Crippen molar-refractivity contribution < 1.29 is 24.3 Å². The number of aromatic nitrogens is 2. The van der Waals surface area contributed by atoms with Gasteiger partial charge in [-0.05, 0) is 0 Å². The molecule has 8 nitrogen and oxygen atoms in total. The van der Waals surface area contributed by atoms with Gasteiger partial charge in [0, 0.05) is 19.3 Å². The molecule has 1 fully saturated rings. The van der Waals surface area contributed by atoms with Crippen LogP contribution < -0.4 is 0 Å². The van der Waals surface area contributed by atoms with Gasteiger partial charge >= 0.3 is 11.9 Å². The summed E-state index contributed by atoms with van der Waals surface area (Å²) in [6, 6.07) is 0. The summed E-state index contributed by atoms with van der Waals surface area (Å²) < 4.78 is 1.03. The van der Waals surface area contributed by atoms with Crippen LogP contribution in [0.15, 0.2) is 6.20 Å². The molecule has 0 radical (unpaired) electrons. The maximum Gasteiger partial charge on any atom is 0.354 e. The molecular formula is C10H9N3O5S. The van der Waals surface area contributed by atoms with Gasteiger partial charge in [0.2, 0.25) is 0 Å². The summed E-state index contributed by atoms with van der Waals surface area (Å²) in [6.45, 7) is 0.0715. The Morgan fingerprint density at radius 1 is 1.42 bits per heavy atom. The fraction of sp³-hybridized carbons (Fsp3) is 0.300. The second kappa shape index (κ2) is 4.84. The Labute approximate surface area is 111 Å². The van der Waals surface area contributed by atoms with Crippen molar-refractivity contribution in [3.63, 3.8) is 0 Å². The van der Waals surface area contributed by atoms with Crippen molar-refractivity contribution in [2.45, 2.75) is 0 Å². The summed E-state index contributed by atoms with van der Waals surface area (Å²) >= 11 is 0.839. The van der Waals surface area contributed by atoms with Gasteiger partial charge in [0.1, 0.15) is 0 Å². The van der Waals surface area contributed by atoms with Crippen LogP contribution in [0.25, 0.3) is 0 Å². The fourth-order valence-corrected chi connectivity index (χ4v) is 2.38. The molecule has 1 aromatic heterocycles. The number of thioether (sulfide) groups is 1. The first-order chi connectivity index (χ1) is 8.93. The lowest BCUT2D eigenvalue weighted by atomic mass is 10.2. The number of aryl methyl sites for hydroxylation is 1. The average molecular weight is 283 g/mol. The number of carbonyl (C=O) groups excluding carboxylic acids is 3. The number of hydrogen-bond acceptors (Lipinski definition) is 6. The number of carboxylic acids is 1. The molecule has 0 atom stereocenters. The van der Waals surface area contributed by atoms with Gasteiger partial charge in [-0.1, -0.05) is 11.8 Å². The maximum atomic E-state index is 12.1. The third kappa shape index (κ3) is 2.24. The predicted octanol–water partition coefficient (Wildman–Crippen LogP) is -0.639. The second-order valence-electron chi connectivity index (χ2n) is 3.73. The van der Waals surface area contributed by atoms with Crippen molar-refractivity contribution in [1.29, 1.82) is 0 Å². The molecule has 1 aromatic rings. The van der Waals surface area contributed by atoms with E-state index < -0.39 is 22.9 Å². The quantitative estimate of drug-likeness (QED) is 0.568. The third-order valence-electron chi connectivity index (χ3n) is 2.58. The van der Waals surface area contributed by atoms with Crippen molar-refractivity contribution >= 4 is 34.7 Å². The largest absolute Gasteiger partial charge is 0.477 e. The van der Waals surface area contributed by atoms with Gasteiger partial charge in [0.25, 0.3) is 11.0 Å². The van der Waals surface area contributed by atoms with Gasteiger partial charge in [-0.25, -0.2) is 4.79 Å². The normalized spacial score (nSPS) is 15.7. The molecule has 100 valence electrons. The molecule has 2 heterocycles. The zero-order chi connectivity index (χ0) is 14.2. The number of amides is 2. The molecule has 1 saturated heterocycles. The molecule has 0 spiro atoms. The molecule has 0 unspecified atom stereocenters. The van der Waals surface area contributed by atoms with Crippen LogP contribution in [0.2, 0.25) is 0 Å². The van der Waals surface area contributed by atoms with Gasteiger partial charge in [-0.15, -0.1) is 0 Å². The van der Waals surface area contributed by atoms with Crippen LogP contribution in [0.3, 0.4) is 0 Å². The lowest BCUT2D eigenvalue weighted by Gasteiger charge is -2.22. The van der Waals surface area contributed by atoms with Gasteiger partial charge in [0.15, 0.2) is 5.69 Å². The maximum absolute atomic E-state index is 12.1. The van der Waals surface area contributed by atoms with Crippen LogP contribution in [0.1, 0.15) is 20.8 Å².